The van der Waals surface area contributed by atoms with Gasteiger partial charge in [-0.2, -0.15) is 5.10 Å². The lowest BCUT2D eigenvalue weighted by molar-refractivity contribution is 0.220. The normalized spacial score (nSPS) is 18.2. The maximum absolute atomic E-state index is 12.4. The van der Waals surface area contributed by atoms with Crippen LogP contribution in [0.25, 0.3) is 0 Å². The smallest absolute Gasteiger partial charge is 0.257 e. The predicted octanol–water partition coefficient (Wildman–Crippen LogP) is 0.139. The van der Waals surface area contributed by atoms with Gasteiger partial charge < -0.3 is 10.2 Å². The van der Waals surface area contributed by atoms with Crippen molar-refractivity contribution in [1.29, 1.82) is 0 Å². The lowest BCUT2D eigenvalue weighted by Gasteiger charge is -2.28. The van der Waals surface area contributed by atoms with Gasteiger partial charge in [0.25, 0.3) is 10.0 Å². The molecule has 21 heavy (non-hydrogen) atoms. The Balaban J connectivity index is 1.94. The Kier molecular flexibility index (Phi) is 5.74. The van der Waals surface area contributed by atoms with Crippen LogP contribution in [0.5, 0.6) is 0 Å². The van der Waals surface area contributed by atoms with E-state index in [-0.39, 0.29) is 5.03 Å². The van der Waals surface area contributed by atoms with E-state index in [2.05, 4.69) is 32.2 Å². The lowest BCUT2D eigenvalue weighted by Crippen LogP contribution is -2.37. The van der Waals surface area contributed by atoms with Gasteiger partial charge in [-0.05, 0) is 45.4 Å². The number of H-pyrrole nitrogens is 1. The van der Waals surface area contributed by atoms with E-state index in [1.165, 1.54) is 0 Å². The Bertz CT molecular complexity index is 535. The van der Waals surface area contributed by atoms with Crippen LogP contribution in [0, 0.1) is 5.92 Å². The third kappa shape index (κ3) is 4.50. The molecule has 1 fully saturated rings. The number of aromatic nitrogens is 2. The van der Waals surface area contributed by atoms with Crippen LogP contribution in [0.3, 0.4) is 0 Å². The first-order valence-corrected chi connectivity index (χ1v) is 8.92. The monoisotopic (exact) mass is 315 g/mol. The maximum atomic E-state index is 12.4. The van der Waals surface area contributed by atoms with Gasteiger partial charge in [0, 0.05) is 18.7 Å². The summed E-state index contributed by atoms with van der Waals surface area (Å²) in [5.74, 6) is 0.413. The van der Waals surface area contributed by atoms with Gasteiger partial charge in [0.2, 0.25) is 0 Å². The van der Waals surface area contributed by atoms with E-state index in [0.29, 0.717) is 24.6 Å². The molecule has 0 bridgehead atoms. The average molecular weight is 315 g/mol. The average Bonchev–Trinajstić information content (AvgIpc) is 2.94. The summed E-state index contributed by atoms with van der Waals surface area (Å²) < 4.78 is 27.4. The molecule has 2 heterocycles. The molecule has 2 rings (SSSR count). The summed E-state index contributed by atoms with van der Waals surface area (Å²) in [5, 5.41) is 9.75. The van der Waals surface area contributed by atoms with Crippen molar-refractivity contribution >= 4 is 10.0 Å². The Morgan fingerprint density at radius 1 is 1.43 bits per heavy atom. The summed E-state index contributed by atoms with van der Waals surface area (Å²) in [7, 11) is -1.42. The predicted molar refractivity (Wildman–Crippen MR) is 81.4 cm³/mol. The highest BCUT2D eigenvalue weighted by Gasteiger charge is 2.23. The molecular formula is C13H25N5O2S. The van der Waals surface area contributed by atoms with Crippen LogP contribution in [-0.2, 0) is 16.6 Å². The number of sulfonamides is 1. The van der Waals surface area contributed by atoms with Gasteiger partial charge in [0.15, 0.2) is 5.03 Å². The minimum atomic E-state index is -3.51. The molecule has 1 aliphatic heterocycles. The fourth-order valence-corrected chi connectivity index (χ4v) is 3.73. The largest absolute Gasteiger partial charge is 0.313 e. The van der Waals surface area contributed by atoms with Crippen LogP contribution in [0.2, 0.25) is 0 Å². The molecule has 0 saturated carbocycles. The summed E-state index contributed by atoms with van der Waals surface area (Å²) in [6.07, 6.45) is 3.63. The number of nitrogens with zero attached hydrogens (tertiary/aromatic N) is 2. The quantitative estimate of drug-likeness (QED) is 0.666. The first kappa shape index (κ1) is 16.4. The van der Waals surface area contributed by atoms with Crippen molar-refractivity contribution in [3.8, 4) is 0 Å². The van der Waals surface area contributed by atoms with Crippen LogP contribution < -0.4 is 10.0 Å². The second kappa shape index (κ2) is 7.35. The van der Waals surface area contributed by atoms with E-state index in [0.717, 1.165) is 32.5 Å². The molecule has 1 aromatic heterocycles. The van der Waals surface area contributed by atoms with Crippen LogP contribution in [0.4, 0.5) is 0 Å². The van der Waals surface area contributed by atoms with Gasteiger partial charge in [-0.3, -0.25) is 5.10 Å². The van der Waals surface area contributed by atoms with Crippen molar-refractivity contribution in [3.05, 3.63) is 11.8 Å². The van der Waals surface area contributed by atoms with Crippen molar-refractivity contribution in [3.63, 3.8) is 0 Å². The van der Waals surface area contributed by atoms with E-state index >= 15 is 0 Å². The molecule has 7 nitrogen and oxygen atoms in total. The van der Waals surface area contributed by atoms with Crippen molar-refractivity contribution < 1.29 is 8.42 Å². The Labute approximate surface area is 126 Å². The maximum Gasteiger partial charge on any atom is 0.257 e. The lowest BCUT2D eigenvalue weighted by atomic mass is 9.98. The SMILES string of the molecule is CCNCc1cn[nH]c1S(=O)(=O)NCC1CCN(C)CC1. The van der Waals surface area contributed by atoms with Gasteiger partial charge in [-0.15, -0.1) is 0 Å². The van der Waals surface area contributed by atoms with Crippen molar-refractivity contribution in [2.24, 2.45) is 5.92 Å². The number of likely N-dealkylation sites (tertiary alicyclic amines) is 1. The number of rotatable bonds is 7. The zero-order valence-electron chi connectivity index (χ0n) is 12.7. The standard InChI is InChI=1S/C13H25N5O2S/c1-3-14-9-12-10-15-17-13(12)21(19,20)16-8-11-4-6-18(2)7-5-11/h10-11,14,16H,3-9H2,1-2H3,(H,15,17). The molecule has 1 aliphatic rings. The Morgan fingerprint density at radius 3 is 2.81 bits per heavy atom. The molecule has 3 N–H and O–H groups in total. The number of hydrogen-bond donors (Lipinski definition) is 3. The van der Waals surface area contributed by atoms with E-state index in [4.69, 9.17) is 0 Å². The van der Waals surface area contributed by atoms with Crippen LogP contribution in [-0.4, -0.2) is 56.7 Å². The van der Waals surface area contributed by atoms with Crippen LogP contribution in [0.1, 0.15) is 25.3 Å². The number of hydrogen-bond acceptors (Lipinski definition) is 5. The summed E-state index contributed by atoms with van der Waals surface area (Å²) in [6.45, 7) is 5.82. The topological polar surface area (TPSA) is 90.1 Å². The third-order valence-corrected chi connectivity index (χ3v) is 5.35. The van der Waals surface area contributed by atoms with Crippen LogP contribution >= 0.6 is 0 Å². The van der Waals surface area contributed by atoms with Gasteiger partial charge in [0.1, 0.15) is 0 Å². The fourth-order valence-electron chi connectivity index (χ4n) is 2.48. The highest BCUT2D eigenvalue weighted by Crippen LogP contribution is 2.17. The van der Waals surface area contributed by atoms with Crippen molar-refractivity contribution in [2.45, 2.75) is 31.3 Å². The molecule has 8 heteroatoms. The molecule has 0 aromatic carbocycles. The molecule has 0 amide bonds. The summed E-state index contributed by atoms with van der Waals surface area (Å²) >= 11 is 0. The summed E-state index contributed by atoms with van der Waals surface area (Å²) in [4.78, 5) is 2.27. The first-order chi connectivity index (χ1) is 10.0. The van der Waals surface area contributed by atoms with Crippen molar-refractivity contribution in [1.82, 2.24) is 25.1 Å². The number of piperidine rings is 1. The van der Waals surface area contributed by atoms with Gasteiger partial charge in [-0.1, -0.05) is 6.92 Å². The van der Waals surface area contributed by atoms with E-state index in [1.54, 1.807) is 6.20 Å². The zero-order valence-corrected chi connectivity index (χ0v) is 13.5. The molecule has 1 saturated heterocycles. The number of nitrogens with one attached hydrogen (secondary N) is 3. The molecule has 1 aromatic rings. The van der Waals surface area contributed by atoms with E-state index < -0.39 is 10.0 Å². The summed E-state index contributed by atoms with van der Waals surface area (Å²) in [5.41, 5.74) is 0.674. The molecule has 0 aliphatic carbocycles. The molecule has 0 unspecified atom stereocenters. The molecule has 0 radical (unpaired) electrons. The highest BCUT2D eigenvalue weighted by molar-refractivity contribution is 7.89. The van der Waals surface area contributed by atoms with E-state index in [9.17, 15) is 8.42 Å². The molecule has 0 spiro atoms. The van der Waals surface area contributed by atoms with Crippen LogP contribution in [0.15, 0.2) is 11.2 Å². The highest BCUT2D eigenvalue weighted by atomic mass is 32.2. The van der Waals surface area contributed by atoms with Gasteiger partial charge in [0.05, 0.1) is 6.20 Å². The van der Waals surface area contributed by atoms with Gasteiger partial charge >= 0.3 is 0 Å². The Hall–Kier alpha value is -0.960. The van der Waals surface area contributed by atoms with E-state index in [1.807, 2.05) is 6.92 Å². The minimum Gasteiger partial charge on any atom is -0.313 e. The summed E-state index contributed by atoms with van der Waals surface area (Å²) in [6, 6.07) is 0. The molecular weight excluding hydrogens is 290 g/mol. The molecule has 0 atom stereocenters. The third-order valence-electron chi connectivity index (χ3n) is 3.91. The minimum absolute atomic E-state index is 0.177. The molecule has 120 valence electrons. The zero-order chi connectivity index (χ0) is 15.3. The van der Waals surface area contributed by atoms with Crippen molar-refractivity contribution in [2.75, 3.05) is 33.2 Å². The van der Waals surface area contributed by atoms with Gasteiger partial charge in [-0.25, -0.2) is 13.1 Å². The Morgan fingerprint density at radius 2 is 2.14 bits per heavy atom. The second-order valence-corrected chi connectivity index (χ2v) is 7.31. The fraction of sp³-hybridized carbons (Fsp3) is 0.769. The second-order valence-electron chi connectivity index (χ2n) is 5.60. The first-order valence-electron chi connectivity index (χ1n) is 7.44. The number of aromatic amines is 1.